The van der Waals surface area contributed by atoms with Crippen molar-refractivity contribution in [3.8, 4) is 40.1 Å². The van der Waals surface area contributed by atoms with Crippen LogP contribution in [0.3, 0.4) is 0 Å². The van der Waals surface area contributed by atoms with Gasteiger partial charge in [-0.1, -0.05) is 133 Å². The first-order valence-corrected chi connectivity index (χ1v) is 17.6. The highest BCUT2D eigenvalue weighted by molar-refractivity contribution is 6.12. The van der Waals surface area contributed by atoms with E-state index in [0.29, 0.717) is 5.69 Å². The Balaban J connectivity index is 1.30. The summed E-state index contributed by atoms with van der Waals surface area (Å²) in [5, 5.41) is 0.322. The Morgan fingerprint density at radius 1 is 0.368 bits per heavy atom. The molecule has 57 heavy (non-hydrogen) atoms. The van der Waals surface area contributed by atoms with E-state index in [-0.39, 0.29) is 33.2 Å². The summed E-state index contributed by atoms with van der Waals surface area (Å²) in [6.45, 7) is 0. The molecule has 0 N–H and O–H groups in total. The zero-order chi connectivity index (χ0) is 54.9. The van der Waals surface area contributed by atoms with Crippen LogP contribution in [0.15, 0.2) is 194 Å². The summed E-state index contributed by atoms with van der Waals surface area (Å²) in [6.07, 6.45) is 0. The summed E-state index contributed by atoms with van der Waals surface area (Å²) in [5.74, 6) is -1.36. The number of fused-ring (bicyclic) bond motifs is 9. The molecule has 0 aliphatic carbocycles. The minimum absolute atomic E-state index is 0.227. The lowest BCUT2D eigenvalue weighted by molar-refractivity contribution is 0.952. The van der Waals surface area contributed by atoms with Crippen molar-refractivity contribution in [1.82, 2.24) is 28.7 Å². The van der Waals surface area contributed by atoms with Gasteiger partial charge < -0.3 is 9.13 Å². The van der Waals surface area contributed by atoms with Gasteiger partial charge >= 0.3 is 0 Å². The highest BCUT2D eigenvalue weighted by atomic mass is 15.2. The lowest BCUT2D eigenvalue weighted by atomic mass is 10.1. The molecule has 8 aromatic carbocycles. The van der Waals surface area contributed by atoms with E-state index >= 15 is 0 Å². The van der Waals surface area contributed by atoms with Gasteiger partial charge in [-0.3, -0.25) is 4.57 Å². The number of benzene rings is 8. The summed E-state index contributed by atoms with van der Waals surface area (Å²) in [4.78, 5) is 14.6. The van der Waals surface area contributed by atoms with Crippen molar-refractivity contribution in [2.75, 3.05) is 0 Å². The molecule has 0 saturated heterocycles. The van der Waals surface area contributed by atoms with E-state index in [0.717, 1.165) is 30.9 Å². The second-order valence-corrected chi connectivity index (χ2v) is 13.0. The van der Waals surface area contributed by atoms with Crippen LogP contribution in [0.5, 0.6) is 0 Å². The molecule has 266 valence electrons. The van der Waals surface area contributed by atoms with Crippen molar-refractivity contribution >= 4 is 65.4 Å². The van der Waals surface area contributed by atoms with Gasteiger partial charge in [-0.25, -0.2) is 4.98 Å². The maximum atomic E-state index is 10.1. The van der Waals surface area contributed by atoms with E-state index in [9.17, 15) is 6.85 Å². The maximum absolute atomic E-state index is 10.1. The van der Waals surface area contributed by atoms with Crippen LogP contribution >= 0.6 is 0 Å². The first-order chi connectivity index (χ1) is 36.6. The van der Waals surface area contributed by atoms with Gasteiger partial charge in [0.15, 0.2) is 11.6 Å². The van der Waals surface area contributed by atoms with Gasteiger partial charge in [-0.05, 0) is 60.5 Å². The molecule has 0 saturated carbocycles. The van der Waals surface area contributed by atoms with Crippen LogP contribution in [0.2, 0.25) is 0 Å². The molecule has 0 aliphatic rings. The van der Waals surface area contributed by atoms with E-state index in [2.05, 4.69) is 0 Å². The van der Waals surface area contributed by atoms with Gasteiger partial charge in [0.25, 0.3) is 0 Å². The van der Waals surface area contributed by atoms with Gasteiger partial charge in [0.1, 0.15) is 0 Å². The van der Waals surface area contributed by atoms with E-state index in [1.54, 1.807) is 24.3 Å². The zero-order valence-electron chi connectivity index (χ0n) is 49.1. The Morgan fingerprint density at radius 2 is 0.895 bits per heavy atom. The minimum Gasteiger partial charge on any atom is -0.309 e. The normalized spacial score (nSPS) is 16.8. The van der Waals surface area contributed by atoms with Crippen LogP contribution in [0.4, 0.5) is 0 Å². The van der Waals surface area contributed by atoms with Crippen LogP contribution in [0.25, 0.3) is 106 Å². The van der Waals surface area contributed by atoms with Crippen molar-refractivity contribution in [2.24, 2.45) is 0 Å². The van der Waals surface area contributed by atoms with Gasteiger partial charge in [0, 0.05) is 49.1 Å². The number of aromatic nitrogens is 6. The summed E-state index contributed by atoms with van der Waals surface area (Å²) in [7, 11) is 0. The van der Waals surface area contributed by atoms with E-state index in [1.165, 1.54) is 0 Å². The number of nitrogens with zero attached hydrogens (tertiary/aromatic N) is 6. The van der Waals surface area contributed by atoms with Gasteiger partial charge in [-0.15, -0.1) is 0 Å². The third-order valence-electron chi connectivity index (χ3n) is 9.91. The molecule has 12 aromatic rings. The van der Waals surface area contributed by atoms with Crippen LogP contribution in [0.1, 0.15) is 27.4 Å². The molecule has 12 rings (SSSR count). The molecule has 0 radical (unpaired) electrons. The highest BCUT2D eigenvalue weighted by Gasteiger charge is 2.22. The predicted molar refractivity (Wildman–Crippen MR) is 234 cm³/mol. The molecule has 0 unspecified atom stereocenters. The molecular formula is C51H32N6. The zero-order valence-corrected chi connectivity index (χ0v) is 29.1. The largest absolute Gasteiger partial charge is 0.309 e. The van der Waals surface area contributed by atoms with Gasteiger partial charge in [-0.2, -0.15) is 9.97 Å². The Labute approximate surface area is 355 Å². The van der Waals surface area contributed by atoms with E-state index < -0.39 is 166 Å². The Morgan fingerprint density at radius 3 is 1.56 bits per heavy atom. The third-order valence-corrected chi connectivity index (χ3v) is 9.91. The average molecular weight is 749 g/mol. The highest BCUT2D eigenvalue weighted by Crippen LogP contribution is 2.38. The molecule has 0 atom stereocenters. The monoisotopic (exact) mass is 748 g/mol. The fraction of sp³-hybridized carbons (Fsp3) is 0. The first-order valence-electron chi connectivity index (χ1n) is 27.6. The molecule has 4 aromatic heterocycles. The molecule has 4 heterocycles. The molecule has 0 amide bonds. The number of hydrogen-bond donors (Lipinski definition) is 0. The smallest absolute Gasteiger partial charge is 0.238 e. The Hall–Kier alpha value is -7.83. The maximum Gasteiger partial charge on any atom is 0.238 e. The van der Waals surface area contributed by atoms with E-state index in [4.69, 9.17) is 35.5 Å². The second kappa shape index (κ2) is 12.3. The summed E-state index contributed by atoms with van der Waals surface area (Å²) < 4.78 is 184. The van der Waals surface area contributed by atoms with Gasteiger partial charge in [0.2, 0.25) is 5.95 Å². The average Bonchev–Trinajstić information content (AvgIpc) is 4.04. The number of para-hydroxylation sites is 7. The van der Waals surface area contributed by atoms with Crippen molar-refractivity contribution in [2.45, 2.75) is 0 Å². The third kappa shape index (κ3) is 4.74. The Bertz CT molecular complexity index is 4560. The van der Waals surface area contributed by atoms with Crippen LogP contribution in [-0.2, 0) is 0 Å². The van der Waals surface area contributed by atoms with Crippen LogP contribution in [0, 0.1) is 0 Å². The molecule has 0 bridgehead atoms. The van der Waals surface area contributed by atoms with Crippen molar-refractivity contribution in [1.29, 1.82) is 0 Å². The fourth-order valence-electron chi connectivity index (χ4n) is 7.56. The minimum atomic E-state index is -0.837. The summed E-state index contributed by atoms with van der Waals surface area (Å²) >= 11 is 0. The molecule has 6 heteroatoms. The van der Waals surface area contributed by atoms with E-state index in [1.807, 2.05) is 53.1 Å². The molecule has 6 nitrogen and oxygen atoms in total. The summed E-state index contributed by atoms with van der Waals surface area (Å²) in [5.41, 5.74) is -0.735. The molecule has 0 aliphatic heterocycles. The van der Waals surface area contributed by atoms with Gasteiger partial charge in [0.05, 0.1) is 66.2 Å². The van der Waals surface area contributed by atoms with Crippen molar-refractivity contribution < 1.29 is 27.4 Å². The molecule has 0 spiro atoms. The van der Waals surface area contributed by atoms with Crippen molar-refractivity contribution in [3.63, 3.8) is 0 Å². The standard InChI is InChI=1S/C51H32N6/c1-2-16-34(17-3-1)55-42-24-10-4-22-39(42)40-31-30-33(32-48(40)55)49-52-50(54-51(53-49)57-45-27-13-7-20-37(45)38-21-8-14-28-46(38)57)41-23-9-15-29-47(41)56-43-25-11-5-18-35(43)36-19-6-12-26-44(36)56/h1-32H/i1D,2D,3D,4D,7D,8D,10D,13D,14D,16D,17D,20D,21D,22D,24D,27D,28D,30D,31D,32D. The fourth-order valence-corrected chi connectivity index (χ4v) is 7.56. The van der Waals surface area contributed by atoms with Crippen LogP contribution < -0.4 is 0 Å². The molecular weight excluding hydrogens is 697 g/mol. The Kier molecular flexibility index (Phi) is 3.85. The number of hydrogen-bond acceptors (Lipinski definition) is 3. The quantitative estimate of drug-likeness (QED) is 0.176. The summed E-state index contributed by atoms with van der Waals surface area (Å²) in [6, 6.07) is 7.02. The lowest BCUT2D eigenvalue weighted by Gasteiger charge is -2.15. The SMILES string of the molecule is [2H]c1c([2H])c([2H])c(-n2c3c([2H])c([2H])c([2H])c([2H])c3c3c([2H])c([2H])c(-c4nc(-c5ccccc5-n5c6ccccc6c6ccccc65)nc(-n5c6c([2H])c([2H])c([2H])c([2H])c6c6c([2H])c([2H])c([2H])c([2H])c65)n4)c([2H])c32)c([2H])c1[2H]. The van der Waals surface area contributed by atoms with Crippen LogP contribution in [-0.4, -0.2) is 28.7 Å². The predicted octanol–water partition coefficient (Wildman–Crippen LogP) is 12.5. The van der Waals surface area contributed by atoms with Crippen molar-refractivity contribution in [3.05, 3.63) is 194 Å². The number of rotatable bonds is 5. The topological polar surface area (TPSA) is 53.5 Å². The lowest BCUT2D eigenvalue weighted by Crippen LogP contribution is -2.08. The second-order valence-electron chi connectivity index (χ2n) is 13.0. The molecule has 0 fully saturated rings. The first kappa shape index (κ1) is 17.8.